The monoisotopic (exact) mass is 289 g/mol. The minimum Gasteiger partial charge on any atom is -0.388 e. The van der Waals surface area contributed by atoms with Crippen LogP contribution in [0.1, 0.15) is 16.7 Å². The maximum absolute atomic E-state index is 11.7. The molecule has 22 heavy (non-hydrogen) atoms. The van der Waals surface area contributed by atoms with Crippen LogP contribution in [-0.2, 0) is 5.60 Å². The number of nitrogens with one attached hydrogen (secondary N) is 1. The number of para-hydroxylation sites is 1. The molecule has 0 aliphatic carbocycles. The third kappa shape index (κ3) is 2.38. The quantitative estimate of drug-likeness (QED) is 0.711. The predicted molar refractivity (Wildman–Crippen MR) is 91.0 cm³/mol. The van der Waals surface area contributed by atoms with Crippen LogP contribution < -0.4 is 5.32 Å². The van der Waals surface area contributed by atoms with Crippen molar-refractivity contribution in [2.75, 3.05) is 12.4 Å². The van der Waals surface area contributed by atoms with Gasteiger partial charge in [0.15, 0.2) is 0 Å². The Bertz CT molecular complexity index is 698. The summed E-state index contributed by atoms with van der Waals surface area (Å²) in [5.74, 6) is 0. The van der Waals surface area contributed by atoms with Crippen LogP contribution in [0, 0.1) is 0 Å². The Hall–Kier alpha value is -2.58. The lowest BCUT2D eigenvalue weighted by atomic mass is 9.79. The molecule has 0 saturated heterocycles. The molecule has 0 heterocycles. The molecular formula is C20H19NO. The number of benzene rings is 3. The van der Waals surface area contributed by atoms with Crippen LogP contribution in [0.2, 0.25) is 0 Å². The lowest BCUT2D eigenvalue weighted by Crippen LogP contribution is -2.29. The predicted octanol–water partition coefficient (Wildman–Crippen LogP) is 4.01. The van der Waals surface area contributed by atoms with Crippen LogP contribution in [0.3, 0.4) is 0 Å². The summed E-state index contributed by atoms with van der Waals surface area (Å²) in [7, 11) is 1.87. The van der Waals surface area contributed by atoms with Crippen LogP contribution >= 0.6 is 0 Å². The summed E-state index contributed by atoms with van der Waals surface area (Å²) < 4.78 is 0. The highest BCUT2D eigenvalue weighted by molar-refractivity contribution is 5.60. The van der Waals surface area contributed by atoms with Crippen molar-refractivity contribution in [1.82, 2.24) is 0 Å². The van der Waals surface area contributed by atoms with E-state index in [9.17, 15) is 5.11 Å². The third-order valence-electron chi connectivity index (χ3n) is 3.97. The molecule has 0 fully saturated rings. The number of anilines is 1. The van der Waals surface area contributed by atoms with Crippen LogP contribution in [-0.4, -0.2) is 12.2 Å². The van der Waals surface area contributed by atoms with Gasteiger partial charge in [0.05, 0.1) is 0 Å². The Kier molecular flexibility index (Phi) is 3.94. The van der Waals surface area contributed by atoms with E-state index >= 15 is 0 Å². The summed E-state index contributed by atoms with van der Waals surface area (Å²) in [5, 5.41) is 14.9. The average molecular weight is 289 g/mol. The van der Waals surface area contributed by atoms with Gasteiger partial charge in [-0.05, 0) is 17.2 Å². The molecule has 3 aromatic rings. The first-order valence-electron chi connectivity index (χ1n) is 7.37. The van der Waals surface area contributed by atoms with E-state index in [1.165, 1.54) is 0 Å². The largest absolute Gasteiger partial charge is 0.388 e. The molecule has 3 aromatic carbocycles. The van der Waals surface area contributed by atoms with Gasteiger partial charge in [-0.15, -0.1) is 0 Å². The van der Waals surface area contributed by atoms with Gasteiger partial charge in [0.25, 0.3) is 0 Å². The van der Waals surface area contributed by atoms with Crippen molar-refractivity contribution in [3.05, 3.63) is 102 Å². The maximum Gasteiger partial charge on any atom is 0.142 e. The molecule has 110 valence electrons. The SMILES string of the molecule is CNc1ccccc1C(O)(c1ccccc1)c1ccccc1. The summed E-state index contributed by atoms with van der Waals surface area (Å²) >= 11 is 0. The molecule has 0 aliphatic heterocycles. The van der Waals surface area contributed by atoms with E-state index in [0.29, 0.717) is 0 Å². The summed E-state index contributed by atoms with van der Waals surface area (Å²) in [6.45, 7) is 0. The molecule has 0 aliphatic rings. The Balaban J connectivity index is 2.29. The van der Waals surface area contributed by atoms with Crippen molar-refractivity contribution in [3.8, 4) is 0 Å². The van der Waals surface area contributed by atoms with E-state index in [0.717, 1.165) is 22.4 Å². The fourth-order valence-corrected chi connectivity index (χ4v) is 2.85. The van der Waals surface area contributed by atoms with Gasteiger partial charge in [0.2, 0.25) is 0 Å². The maximum atomic E-state index is 11.7. The van der Waals surface area contributed by atoms with Crippen molar-refractivity contribution in [1.29, 1.82) is 0 Å². The zero-order chi connectivity index (χ0) is 15.4. The second-order valence-electron chi connectivity index (χ2n) is 5.24. The Labute approximate surface area is 131 Å². The first kappa shape index (κ1) is 14.4. The molecule has 0 spiro atoms. The van der Waals surface area contributed by atoms with Gasteiger partial charge in [0, 0.05) is 18.3 Å². The zero-order valence-corrected chi connectivity index (χ0v) is 12.5. The molecule has 2 nitrogen and oxygen atoms in total. The Morgan fingerprint density at radius 2 is 1.14 bits per heavy atom. The highest BCUT2D eigenvalue weighted by atomic mass is 16.3. The van der Waals surface area contributed by atoms with E-state index in [1.54, 1.807) is 0 Å². The van der Waals surface area contributed by atoms with Gasteiger partial charge >= 0.3 is 0 Å². The van der Waals surface area contributed by atoms with Crippen LogP contribution in [0.25, 0.3) is 0 Å². The van der Waals surface area contributed by atoms with Crippen molar-refractivity contribution in [3.63, 3.8) is 0 Å². The minimum atomic E-state index is -1.19. The van der Waals surface area contributed by atoms with E-state index in [4.69, 9.17) is 0 Å². The van der Waals surface area contributed by atoms with E-state index in [1.807, 2.05) is 92.0 Å². The van der Waals surface area contributed by atoms with Gasteiger partial charge in [-0.25, -0.2) is 0 Å². The summed E-state index contributed by atoms with van der Waals surface area (Å²) in [5.41, 5.74) is 2.27. The molecule has 0 bridgehead atoms. The number of rotatable bonds is 4. The molecule has 0 saturated carbocycles. The van der Waals surface area contributed by atoms with Crippen molar-refractivity contribution in [2.45, 2.75) is 5.60 Å². The second kappa shape index (κ2) is 6.04. The highest BCUT2D eigenvalue weighted by Gasteiger charge is 2.35. The zero-order valence-electron chi connectivity index (χ0n) is 12.5. The van der Waals surface area contributed by atoms with Crippen LogP contribution in [0.15, 0.2) is 84.9 Å². The summed E-state index contributed by atoms with van der Waals surface area (Å²) in [4.78, 5) is 0. The molecule has 2 N–H and O–H groups in total. The summed E-state index contributed by atoms with van der Waals surface area (Å²) in [6, 6.07) is 27.4. The minimum absolute atomic E-state index is 0.842. The number of aliphatic hydroxyl groups is 1. The van der Waals surface area contributed by atoms with E-state index in [-0.39, 0.29) is 0 Å². The number of hydrogen-bond donors (Lipinski definition) is 2. The molecule has 2 heteroatoms. The lowest BCUT2D eigenvalue weighted by Gasteiger charge is -2.31. The second-order valence-corrected chi connectivity index (χ2v) is 5.24. The van der Waals surface area contributed by atoms with Gasteiger partial charge in [-0.1, -0.05) is 78.9 Å². The smallest absolute Gasteiger partial charge is 0.142 e. The topological polar surface area (TPSA) is 32.3 Å². The molecular weight excluding hydrogens is 270 g/mol. The Morgan fingerprint density at radius 3 is 1.64 bits per heavy atom. The normalized spacial score (nSPS) is 11.2. The van der Waals surface area contributed by atoms with Crippen molar-refractivity contribution >= 4 is 5.69 Å². The standard InChI is InChI=1S/C20H19NO/c1-21-19-15-9-8-14-18(19)20(22,16-10-4-2-5-11-16)17-12-6-3-7-13-17/h2-15,21-22H,1H3. The van der Waals surface area contributed by atoms with E-state index in [2.05, 4.69) is 5.32 Å². The van der Waals surface area contributed by atoms with Gasteiger partial charge < -0.3 is 10.4 Å². The highest BCUT2D eigenvalue weighted by Crippen LogP contribution is 2.39. The number of hydrogen-bond acceptors (Lipinski definition) is 2. The average Bonchev–Trinajstić information content (AvgIpc) is 2.62. The van der Waals surface area contributed by atoms with E-state index < -0.39 is 5.60 Å². The van der Waals surface area contributed by atoms with Crippen molar-refractivity contribution in [2.24, 2.45) is 0 Å². The first-order valence-corrected chi connectivity index (χ1v) is 7.37. The molecule has 3 rings (SSSR count). The molecule has 0 atom stereocenters. The molecule has 0 unspecified atom stereocenters. The van der Waals surface area contributed by atoms with Crippen LogP contribution in [0.5, 0.6) is 0 Å². The Morgan fingerprint density at radius 1 is 0.682 bits per heavy atom. The summed E-state index contributed by atoms with van der Waals surface area (Å²) in [6.07, 6.45) is 0. The van der Waals surface area contributed by atoms with Crippen molar-refractivity contribution < 1.29 is 5.11 Å². The van der Waals surface area contributed by atoms with Gasteiger partial charge in [-0.3, -0.25) is 0 Å². The lowest BCUT2D eigenvalue weighted by molar-refractivity contribution is 0.126. The molecule has 0 radical (unpaired) electrons. The fraction of sp³-hybridized carbons (Fsp3) is 0.100. The van der Waals surface area contributed by atoms with Crippen LogP contribution in [0.4, 0.5) is 5.69 Å². The third-order valence-corrected chi connectivity index (χ3v) is 3.97. The molecule has 0 amide bonds. The first-order chi connectivity index (χ1) is 10.8. The van der Waals surface area contributed by atoms with Gasteiger partial charge in [-0.2, -0.15) is 0 Å². The molecule has 0 aromatic heterocycles. The fourth-order valence-electron chi connectivity index (χ4n) is 2.85. The van der Waals surface area contributed by atoms with Gasteiger partial charge in [0.1, 0.15) is 5.60 Å².